The van der Waals surface area contributed by atoms with E-state index < -0.39 is 12.0 Å². The van der Waals surface area contributed by atoms with Crippen LogP contribution in [0.3, 0.4) is 0 Å². The van der Waals surface area contributed by atoms with Gasteiger partial charge in [-0.2, -0.15) is 0 Å². The van der Waals surface area contributed by atoms with Gasteiger partial charge >= 0.3 is 5.97 Å². The zero-order valence-corrected chi connectivity index (χ0v) is 12.7. The molecule has 110 valence electrons. The second kappa shape index (κ2) is 7.14. The minimum absolute atomic E-state index is 0.0326. The number of carboxylic acid groups (broad SMARTS) is 1. The van der Waals surface area contributed by atoms with Gasteiger partial charge in [0.25, 0.3) is 0 Å². The Bertz CT molecular complexity index is 336. The Labute approximate surface area is 118 Å². The normalized spacial score (nSPS) is 24.8. The quantitative estimate of drug-likeness (QED) is 0.771. The van der Waals surface area contributed by atoms with Gasteiger partial charge in [-0.25, -0.2) is 4.79 Å². The van der Waals surface area contributed by atoms with E-state index in [9.17, 15) is 14.7 Å². The van der Waals surface area contributed by atoms with Crippen molar-refractivity contribution in [2.24, 2.45) is 17.6 Å². The van der Waals surface area contributed by atoms with Crippen LogP contribution in [0.25, 0.3) is 0 Å². The fourth-order valence-corrected chi connectivity index (χ4v) is 3.80. The van der Waals surface area contributed by atoms with Crippen LogP contribution >= 0.6 is 11.8 Å². The molecule has 3 unspecified atom stereocenters. The van der Waals surface area contributed by atoms with Gasteiger partial charge in [0.2, 0.25) is 5.91 Å². The van der Waals surface area contributed by atoms with E-state index in [0.717, 1.165) is 6.42 Å². The largest absolute Gasteiger partial charge is 0.480 e. The maximum absolute atomic E-state index is 12.6. The Kier molecular flexibility index (Phi) is 6.13. The van der Waals surface area contributed by atoms with Crippen molar-refractivity contribution in [3.8, 4) is 0 Å². The molecule has 19 heavy (non-hydrogen) atoms. The predicted molar refractivity (Wildman–Crippen MR) is 76.8 cm³/mol. The number of nitrogens with two attached hydrogens (primary N) is 1. The number of thioether (sulfide) groups is 1. The minimum Gasteiger partial charge on any atom is -0.480 e. The first-order chi connectivity index (χ1) is 8.92. The number of hydrogen-bond acceptors (Lipinski definition) is 4. The van der Waals surface area contributed by atoms with Gasteiger partial charge in [-0.3, -0.25) is 4.79 Å². The lowest BCUT2D eigenvalue weighted by Crippen LogP contribution is -2.49. The van der Waals surface area contributed by atoms with Crippen molar-refractivity contribution in [2.75, 3.05) is 12.3 Å². The topological polar surface area (TPSA) is 83.6 Å². The fourth-order valence-electron chi connectivity index (χ4n) is 2.44. The molecule has 1 heterocycles. The molecule has 0 spiro atoms. The van der Waals surface area contributed by atoms with Crippen molar-refractivity contribution in [3.63, 3.8) is 0 Å². The molecule has 0 bridgehead atoms. The first-order valence-corrected chi connectivity index (χ1v) is 7.83. The third-order valence-electron chi connectivity index (χ3n) is 3.37. The lowest BCUT2D eigenvalue weighted by atomic mass is 9.95. The van der Waals surface area contributed by atoms with E-state index >= 15 is 0 Å². The summed E-state index contributed by atoms with van der Waals surface area (Å²) in [6.45, 7) is 6.34. The van der Waals surface area contributed by atoms with Gasteiger partial charge in [0.15, 0.2) is 0 Å². The molecule has 1 aliphatic rings. The third-order valence-corrected chi connectivity index (χ3v) is 4.82. The highest BCUT2D eigenvalue weighted by Gasteiger charge is 2.42. The maximum Gasteiger partial charge on any atom is 0.327 e. The predicted octanol–water partition coefficient (Wildman–Crippen LogP) is 1.37. The van der Waals surface area contributed by atoms with Gasteiger partial charge in [-0.05, 0) is 18.8 Å². The summed E-state index contributed by atoms with van der Waals surface area (Å²) in [6.07, 6.45) is 1.47. The van der Waals surface area contributed by atoms with Crippen LogP contribution in [-0.2, 0) is 9.59 Å². The van der Waals surface area contributed by atoms with Gasteiger partial charge in [0, 0.05) is 12.3 Å². The van der Waals surface area contributed by atoms with Gasteiger partial charge in [-0.1, -0.05) is 20.8 Å². The van der Waals surface area contributed by atoms with Crippen molar-refractivity contribution < 1.29 is 14.7 Å². The fraction of sp³-hybridized carbons (Fsp3) is 0.846. The second-order valence-electron chi connectivity index (χ2n) is 5.36. The Morgan fingerprint density at radius 3 is 2.53 bits per heavy atom. The zero-order chi connectivity index (χ0) is 14.6. The van der Waals surface area contributed by atoms with E-state index in [2.05, 4.69) is 0 Å². The minimum atomic E-state index is -0.919. The molecule has 6 heteroatoms. The molecule has 0 aromatic carbocycles. The summed E-state index contributed by atoms with van der Waals surface area (Å²) in [7, 11) is 0. The zero-order valence-electron chi connectivity index (χ0n) is 11.8. The molecule has 1 fully saturated rings. The van der Waals surface area contributed by atoms with Crippen LogP contribution in [0.1, 0.15) is 33.6 Å². The highest BCUT2D eigenvalue weighted by molar-refractivity contribution is 8.00. The summed E-state index contributed by atoms with van der Waals surface area (Å²) in [5.74, 6) is -0.443. The van der Waals surface area contributed by atoms with Crippen molar-refractivity contribution in [3.05, 3.63) is 0 Å². The second-order valence-corrected chi connectivity index (χ2v) is 6.57. The molecule has 5 nitrogen and oxygen atoms in total. The Balaban J connectivity index is 2.87. The number of carbonyl (C=O) groups is 2. The van der Waals surface area contributed by atoms with Gasteiger partial charge in [0.05, 0.1) is 11.3 Å². The summed E-state index contributed by atoms with van der Waals surface area (Å²) >= 11 is 1.55. The number of carboxylic acids is 1. The molecule has 1 rings (SSSR count). The molecule has 1 amide bonds. The van der Waals surface area contributed by atoms with Crippen LogP contribution in [0, 0.1) is 11.8 Å². The number of hydrogen-bond donors (Lipinski definition) is 2. The smallest absolute Gasteiger partial charge is 0.327 e. The van der Waals surface area contributed by atoms with Crippen LogP contribution in [0.2, 0.25) is 0 Å². The van der Waals surface area contributed by atoms with E-state index in [1.165, 1.54) is 0 Å². The number of rotatable bonds is 6. The molecule has 0 saturated carbocycles. The standard InChI is InChI=1S/C13H24N2O3S/c1-4-11-15(10(7-19-11)13(17)18)12(16)9(6-14)5-8(2)3/h8-11H,4-7,14H2,1-3H3,(H,17,18). The number of nitrogens with zero attached hydrogens (tertiary/aromatic N) is 1. The molecule has 1 saturated heterocycles. The van der Waals surface area contributed by atoms with Gasteiger partial charge < -0.3 is 15.7 Å². The molecule has 0 aliphatic carbocycles. The summed E-state index contributed by atoms with van der Waals surface area (Å²) in [4.78, 5) is 25.4. The van der Waals surface area contributed by atoms with E-state index in [1.54, 1.807) is 16.7 Å². The lowest BCUT2D eigenvalue weighted by molar-refractivity contribution is -0.151. The lowest BCUT2D eigenvalue weighted by Gasteiger charge is -2.30. The van der Waals surface area contributed by atoms with E-state index in [-0.39, 0.29) is 23.7 Å². The van der Waals surface area contributed by atoms with Crippen molar-refractivity contribution in [2.45, 2.75) is 45.0 Å². The first kappa shape index (κ1) is 16.3. The SMILES string of the molecule is CCC1SCC(C(=O)O)N1C(=O)C(CN)CC(C)C. The average molecular weight is 288 g/mol. The molecule has 0 radical (unpaired) electrons. The van der Waals surface area contributed by atoms with E-state index in [0.29, 0.717) is 18.1 Å². The van der Waals surface area contributed by atoms with Crippen LogP contribution in [0.5, 0.6) is 0 Å². The summed E-state index contributed by atoms with van der Waals surface area (Å²) < 4.78 is 0. The Hall–Kier alpha value is -0.750. The Morgan fingerprint density at radius 2 is 2.11 bits per heavy atom. The van der Waals surface area contributed by atoms with Crippen molar-refractivity contribution in [1.82, 2.24) is 4.90 Å². The highest BCUT2D eigenvalue weighted by atomic mass is 32.2. The van der Waals surface area contributed by atoms with E-state index in [4.69, 9.17) is 5.73 Å². The summed E-state index contributed by atoms with van der Waals surface area (Å²) in [6, 6.07) is -0.705. The van der Waals surface area contributed by atoms with Crippen LogP contribution in [-0.4, -0.2) is 45.6 Å². The van der Waals surface area contributed by atoms with E-state index in [1.807, 2.05) is 20.8 Å². The molecule has 0 aromatic heterocycles. The molecule has 3 N–H and O–H groups in total. The van der Waals surface area contributed by atoms with Crippen molar-refractivity contribution in [1.29, 1.82) is 0 Å². The molecule has 1 aliphatic heterocycles. The average Bonchev–Trinajstić information content (AvgIpc) is 2.78. The van der Waals surface area contributed by atoms with Crippen molar-refractivity contribution >= 4 is 23.6 Å². The molecule has 3 atom stereocenters. The van der Waals surface area contributed by atoms with Gasteiger partial charge in [0.1, 0.15) is 6.04 Å². The third kappa shape index (κ3) is 3.86. The number of carbonyl (C=O) groups excluding carboxylic acids is 1. The van der Waals surface area contributed by atoms with Crippen LogP contribution < -0.4 is 5.73 Å². The Morgan fingerprint density at radius 1 is 1.47 bits per heavy atom. The van der Waals surface area contributed by atoms with Crippen LogP contribution in [0.15, 0.2) is 0 Å². The number of aliphatic carboxylic acids is 1. The van der Waals surface area contributed by atoms with Crippen LogP contribution in [0.4, 0.5) is 0 Å². The first-order valence-electron chi connectivity index (χ1n) is 6.78. The summed E-state index contributed by atoms with van der Waals surface area (Å²) in [5.41, 5.74) is 5.70. The highest BCUT2D eigenvalue weighted by Crippen LogP contribution is 2.33. The molecule has 0 aromatic rings. The molecular weight excluding hydrogens is 264 g/mol. The maximum atomic E-state index is 12.6. The monoisotopic (exact) mass is 288 g/mol. The van der Waals surface area contributed by atoms with Gasteiger partial charge in [-0.15, -0.1) is 11.8 Å². The molecular formula is C13H24N2O3S. The summed E-state index contributed by atoms with van der Waals surface area (Å²) in [5, 5.41) is 9.21. The number of amides is 1.